The Bertz CT molecular complexity index is 1160. The number of benzene rings is 1. The van der Waals surface area contributed by atoms with Crippen molar-refractivity contribution in [1.82, 2.24) is 20.1 Å². The van der Waals surface area contributed by atoms with Crippen LogP contribution in [0.15, 0.2) is 23.0 Å². The fourth-order valence-electron chi connectivity index (χ4n) is 3.71. The number of pyridine rings is 1. The first-order valence-electron chi connectivity index (χ1n) is 9.78. The third kappa shape index (κ3) is 3.83. The van der Waals surface area contributed by atoms with E-state index in [0.717, 1.165) is 16.6 Å². The average Bonchev–Trinajstić information content (AvgIpc) is 3.28. The number of rotatable bonds is 7. The molecular formula is C21H24N4O5. The number of hydrogen-bond donors (Lipinski definition) is 2. The number of ether oxygens (including phenoxy) is 3. The van der Waals surface area contributed by atoms with Crippen LogP contribution in [0.3, 0.4) is 0 Å². The Morgan fingerprint density at radius 3 is 2.93 bits per heavy atom. The lowest BCUT2D eigenvalue weighted by Gasteiger charge is -2.09. The van der Waals surface area contributed by atoms with Gasteiger partial charge in [-0.15, -0.1) is 0 Å². The number of carbonyl (C=O) groups is 1. The number of aromatic nitrogens is 3. The molecule has 30 heavy (non-hydrogen) atoms. The Labute approximate surface area is 172 Å². The van der Waals surface area contributed by atoms with E-state index in [0.29, 0.717) is 48.0 Å². The highest BCUT2D eigenvalue weighted by Crippen LogP contribution is 2.35. The lowest BCUT2D eigenvalue weighted by Crippen LogP contribution is -2.29. The Balaban J connectivity index is 1.29. The molecule has 0 fully saturated rings. The molecule has 2 N–H and O–H groups in total. The minimum absolute atomic E-state index is 0.133. The molecule has 1 aliphatic rings. The zero-order chi connectivity index (χ0) is 21.3. The molecule has 9 nitrogen and oxygen atoms in total. The summed E-state index contributed by atoms with van der Waals surface area (Å²) in [6, 6.07) is 5.34. The number of H-pyrrole nitrogens is 1. The number of aryl methyl sites for hydroxylation is 3. The Morgan fingerprint density at radius 2 is 2.10 bits per heavy atom. The zero-order valence-electron chi connectivity index (χ0n) is 17.2. The van der Waals surface area contributed by atoms with Gasteiger partial charge in [-0.05, 0) is 38.0 Å². The van der Waals surface area contributed by atoms with Crippen molar-refractivity contribution in [1.29, 1.82) is 0 Å². The third-order valence-corrected chi connectivity index (χ3v) is 5.19. The highest BCUT2D eigenvalue weighted by atomic mass is 16.7. The predicted octanol–water partition coefficient (Wildman–Crippen LogP) is 1.73. The second-order valence-corrected chi connectivity index (χ2v) is 7.20. The van der Waals surface area contributed by atoms with Gasteiger partial charge in [0.15, 0.2) is 11.5 Å². The molecule has 3 heterocycles. The summed E-state index contributed by atoms with van der Waals surface area (Å²) in [7, 11) is 1.80. The number of nitrogens with one attached hydrogen (secondary N) is 2. The van der Waals surface area contributed by atoms with E-state index in [1.807, 2.05) is 13.8 Å². The largest absolute Gasteiger partial charge is 0.492 e. The van der Waals surface area contributed by atoms with Gasteiger partial charge >= 0.3 is 0 Å². The first kappa shape index (κ1) is 19.8. The first-order chi connectivity index (χ1) is 14.4. The molecule has 1 amide bonds. The van der Waals surface area contributed by atoms with E-state index >= 15 is 0 Å². The number of aromatic amines is 1. The van der Waals surface area contributed by atoms with Crippen LogP contribution in [-0.2, 0) is 18.3 Å². The van der Waals surface area contributed by atoms with Crippen molar-refractivity contribution < 1.29 is 19.0 Å². The molecule has 0 atom stereocenters. The lowest BCUT2D eigenvalue weighted by atomic mass is 10.0. The van der Waals surface area contributed by atoms with Crippen molar-refractivity contribution in [3.63, 3.8) is 0 Å². The second-order valence-electron chi connectivity index (χ2n) is 7.20. The monoisotopic (exact) mass is 412 g/mol. The van der Waals surface area contributed by atoms with Crippen LogP contribution in [0.25, 0.3) is 11.0 Å². The quantitative estimate of drug-likeness (QED) is 0.573. The molecule has 0 saturated heterocycles. The van der Waals surface area contributed by atoms with Crippen LogP contribution in [0.1, 0.15) is 23.2 Å². The SMILES string of the molecule is Cc1nn(C)c2[nH]c(=O)c(CCC(=O)NCCOc3ccc4c(c3)OCO4)c(C)c12. The summed E-state index contributed by atoms with van der Waals surface area (Å²) in [6.07, 6.45) is 0.582. The lowest BCUT2D eigenvalue weighted by molar-refractivity contribution is -0.121. The van der Waals surface area contributed by atoms with Gasteiger partial charge in [-0.25, -0.2) is 0 Å². The van der Waals surface area contributed by atoms with Gasteiger partial charge in [-0.1, -0.05) is 0 Å². The van der Waals surface area contributed by atoms with Crippen molar-refractivity contribution in [2.45, 2.75) is 26.7 Å². The van der Waals surface area contributed by atoms with Crippen molar-refractivity contribution in [3.05, 3.63) is 45.4 Å². The molecular weight excluding hydrogens is 388 g/mol. The fourth-order valence-corrected chi connectivity index (χ4v) is 3.71. The molecule has 3 aromatic rings. The second kappa shape index (κ2) is 8.10. The van der Waals surface area contributed by atoms with Crippen LogP contribution in [0.5, 0.6) is 17.2 Å². The molecule has 9 heteroatoms. The number of hydrogen-bond acceptors (Lipinski definition) is 6. The summed E-state index contributed by atoms with van der Waals surface area (Å²) in [5.41, 5.74) is 2.86. The summed E-state index contributed by atoms with van der Waals surface area (Å²) in [4.78, 5) is 27.5. The molecule has 158 valence electrons. The van der Waals surface area contributed by atoms with Crippen molar-refractivity contribution in [3.8, 4) is 17.2 Å². The van der Waals surface area contributed by atoms with Crippen LogP contribution >= 0.6 is 0 Å². The summed E-state index contributed by atoms with van der Waals surface area (Å²) >= 11 is 0. The van der Waals surface area contributed by atoms with E-state index in [1.165, 1.54) is 0 Å². The molecule has 1 aliphatic heterocycles. The van der Waals surface area contributed by atoms with Crippen molar-refractivity contribution in [2.75, 3.05) is 19.9 Å². The Morgan fingerprint density at radius 1 is 1.30 bits per heavy atom. The van der Waals surface area contributed by atoms with Crippen LogP contribution in [0.2, 0.25) is 0 Å². The Kier molecular flexibility index (Phi) is 5.35. The predicted molar refractivity (Wildman–Crippen MR) is 110 cm³/mol. The first-order valence-corrected chi connectivity index (χ1v) is 9.78. The van der Waals surface area contributed by atoms with Crippen LogP contribution in [0.4, 0.5) is 0 Å². The van der Waals surface area contributed by atoms with Gasteiger partial charge in [0.2, 0.25) is 12.7 Å². The van der Waals surface area contributed by atoms with Gasteiger partial charge in [-0.2, -0.15) is 5.10 Å². The molecule has 0 aliphatic carbocycles. The summed E-state index contributed by atoms with van der Waals surface area (Å²) in [5, 5.41) is 8.11. The van der Waals surface area contributed by atoms with Gasteiger partial charge in [0.25, 0.3) is 5.56 Å². The van der Waals surface area contributed by atoms with Crippen molar-refractivity contribution in [2.24, 2.45) is 7.05 Å². The molecule has 0 bridgehead atoms. The summed E-state index contributed by atoms with van der Waals surface area (Å²) in [5.74, 6) is 1.86. The van der Waals surface area contributed by atoms with Crippen molar-refractivity contribution >= 4 is 16.9 Å². The third-order valence-electron chi connectivity index (χ3n) is 5.19. The molecule has 0 spiro atoms. The van der Waals surface area contributed by atoms with Gasteiger partial charge in [-0.3, -0.25) is 14.3 Å². The standard InChI is InChI=1S/C21H24N4O5/c1-12-15(21(27)23-20-19(12)13(2)24-25(20)3)5-7-18(26)22-8-9-28-14-4-6-16-17(10-14)30-11-29-16/h4,6,10H,5,7-9,11H2,1-3H3,(H,22,26)(H,23,27). The molecule has 0 radical (unpaired) electrons. The zero-order valence-corrected chi connectivity index (χ0v) is 17.2. The van der Waals surface area contributed by atoms with Gasteiger partial charge < -0.3 is 24.5 Å². The molecule has 2 aromatic heterocycles. The fraction of sp³-hybridized carbons (Fsp3) is 0.381. The Hall–Kier alpha value is -3.49. The van der Waals surface area contributed by atoms with E-state index in [2.05, 4.69) is 15.4 Å². The number of fused-ring (bicyclic) bond motifs is 2. The maximum atomic E-state index is 12.5. The van der Waals surface area contributed by atoms with E-state index in [9.17, 15) is 9.59 Å². The smallest absolute Gasteiger partial charge is 0.253 e. The normalized spacial score (nSPS) is 12.4. The highest BCUT2D eigenvalue weighted by molar-refractivity contribution is 5.83. The van der Waals surface area contributed by atoms with E-state index in [-0.39, 0.29) is 24.7 Å². The highest BCUT2D eigenvalue weighted by Gasteiger charge is 2.16. The number of carbonyl (C=O) groups excluding carboxylic acids is 1. The number of nitrogens with zero attached hydrogens (tertiary/aromatic N) is 2. The van der Waals surface area contributed by atoms with Crippen LogP contribution in [0, 0.1) is 13.8 Å². The number of amides is 1. The average molecular weight is 412 g/mol. The van der Waals surface area contributed by atoms with Gasteiger partial charge in [0.1, 0.15) is 18.0 Å². The molecule has 1 aromatic carbocycles. The van der Waals surface area contributed by atoms with E-state index in [4.69, 9.17) is 14.2 Å². The minimum atomic E-state index is -0.179. The summed E-state index contributed by atoms with van der Waals surface area (Å²) < 4.78 is 17.9. The maximum Gasteiger partial charge on any atom is 0.253 e. The van der Waals surface area contributed by atoms with E-state index < -0.39 is 0 Å². The summed E-state index contributed by atoms with van der Waals surface area (Å²) in [6.45, 7) is 4.71. The topological polar surface area (TPSA) is 107 Å². The van der Waals surface area contributed by atoms with Gasteiger partial charge in [0, 0.05) is 30.5 Å². The maximum absolute atomic E-state index is 12.5. The van der Waals surface area contributed by atoms with Crippen LogP contribution in [-0.4, -0.2) is 40.6 Å². The molecule has 4 rings (SSSR count). The van der Waals surface area contributed by atoms with Crippen LogP contribution < -0.4 is 25.1 Å². The minimum Gasteiger partial charge on any atom is -0.492 e. The van der Waals surface area contributed by atoms with Gasteiger partial charge in [0.05, 0.1) is 12.2 Å². The molecule has 0 saturated carbocycles. The molecule has 0 unspecified atom stereocenters. The van der Waals surface area contributed by atoms with E-state index in [1.54, 1.807) is 29.9 Å².